The van der Waals surface area contributed by atoms with Crippen molar-refractivity contribution in [2.45, 2.75) is 33.2 Å². The van der Waals surface area contributed by atoms with Gasteiger partial charge in [0.15, 0.2) is 0 Å². The second-order valence-electron chi connectivity index (χ2n) is 6.69. The summed E-state index contributed by atoms with van der Waals surface area (Å²) in [4.78, 5) is 16.9. The highest BCUT2D eigenvalue weighted by Crippen LogP contribution is 2.28. The molecule has 1 N–H and O–H groups in total. The van der Waals surface area contributed by atoms with Crippen LogP contribution in [-0.4, -0.2) is 33.2 Å². The van der Waals surface area contributed by atoms with Gasteiger partial charge in [-0.15, -0.1) is 0 Å². The van der Waals surface area contributed by atoms with Gasteiger partial charge in [-0.2, -0.15) is 0 Å². The van der Waals surface area contributed by atoms with Crippen molar-refractivity contribution in [1.82, 2.24) is 9.55 Å². The van der Waals surface area contributed by atoms with Crippen molar-refractivity contribution < 1.29 is 19.0 Å². The second-order valence-corrected chi connectivity index (χ2v) is 6.69. The Hall–Kier alpha value is -2.54. The van der Waals surface area contributed by atoms with Gasteiger partial charge in [0.2, 0.25) is 0 Å². The zero-order valence-corrected chi connectivity index (χ0v) is 14.1. The number of nitrogens with zero attached hydrogens (tertiary/aromatic N) is 2. The van der Waals surface area contributed by atoms with E-state index in [-0.39, 0.29) is 0 Å². The molecule has 0 fully saturated rings. The highest BCUT2D eigenvalue weighted by molar-refractivity contribution is 6.65. The molecule has 3 aromatic rings. The van der Waals surface area contributed by atoms with Crippen LogP contribution in [0.15, 0.2) is 41.5 Å². The number of hydrogen-bond acceptors (Lipinski definition) is 5. The van der Waals surface area contributed by atoms with E-state index >= 15 is 0 Å². The molecule has 0 unspecified atom stereocenters. The zero-order chi connectivity index (χ0) is 17.5. The molecule has 3 aromatic heterocycles. The van der Waals surface area contributed by atoms with Gasteiger partial charge in [0.25, 0.3) is 0 Å². The van der Waals surface area contributed by atoms with Gasteiger partial charge in [0.05, 0.1) is 24.2 Å². The summed E-state index contributed by atoms with van der Waals surface area (Å²) < 4.78 is 12.0. The molecule has 0 aliphatic heterocycles. The highest BCUT2D eigenvalue weighted by atomic mass is 16.6. The van der Waals surface area contributed by atoms with Gasteiger partial charge in [0, 0.05) is 28.3 Å². The molecule has 0 aliphatic rings. The van der Waals surface area contributed by atoms with Crippen molar-refractivity contribution in [2.75, 3.05) is 0 Å². The first-order chi connectivity index (χ1) is 11.3. The smallest absolute Gasteiger partial charge is 0.418 e. The summed E-state index contributed by atoms with van der Waals surface area (Å²) in [5.41, 5.74) is 2.08. The van der Waals surface area contributed by atoms with Crippen LogP contribution in [0.4, 0.5) is 4.79 Å². The summed E-state index contributed by atoms with van der Waals surface area (Å²) in [5, 5.41) is 10.9. The van der Waals surface area contributed by atoms with Gasteiger partial charge in [-0.3, -0.25) is 9.55 Å². The van der Waals surface area contributed by atoms with E-state index in [1.165, 1.54) is 4.57 Å². The van der Waals surface area contributed by atoms with Gasteiger partial charge in [-0.1, -0.05) is 6.82 Å². The standard InChI is InChI=1S/C17H19BN2O4/c1-17(2,3)24-16(21)20-14-9-19-8-13(11-5-6-23-10-11)12(14)7-15(20)18(4)22/h5-10,22H,1-4H3. The number of carbonyl (C=O) groups is 1. The van der Waals surface area contributed by atoms with Crippen LogP contribution >= 0.6 is 0 Å². The molecule has 0 radical (unpaired) electrons. The first kappa shape index (κ1) is 16.3. The number of fused-ring (bicyclic) bond motifs is 1. The first-order valence-electron chi connectivity index (χ1n) is 7.71. The van der Waals surface area contributed by atoms with E-state index < -0.39 is 18.6 Å². The number of hydrogen-bond donors (Lipinski definition) is 1. The van der Waals surface area contributed by atoms with Crippen LogP contribution in [-0.2, 0) is 4.74 Å². The van der Waals surface area contributed by atoms with E-state index in [0.717, 1.165) is 16.5 Å². The minimum atomic E-state index is -0.831. The Kier molecular flexibility index (Phi) is 3.97. The third kappa shape index (κ3) is 2.95. The van der Waals surface area contributed by atoms with Crippen molar-refractivity contribution >= 4 is 29.5 Å². The lowest BCUT2D eigenvalue weighted by Crippen LogP contribution is -2.39. The summed E-state index contributed by atoms with van der Waals surface area (Å²) in [6.07, 6.45) is 5.95. The molecule has 0 amide bonds. The van der Waals surface area contributed by atoms with Crippen LogP contribution in [0.25, 0.3) is 22.0 Å². The van der Waals surface area contributed by atoms with Crippen LogP contribution in [0.3, 0.4) is 0 Å². The number of pyridine rings is 1. The molecule has 3 rings (SSSR count). The fourth-order valence-corrected chi connectivity index (χ4v) is 2.61. The van der Waals surface area contributed by atoms with E-state index in [0.29, 0.717) is 11.1 Å². The lowest BCUT2D eigenvalue weighted by Gasteiger charge is -2.21. The van der Waals surface area contributed by atoms with E-state index in [2.05, 4.69) is 4.98 Å². The molecule has 24 heavy (non-hydrogen) atoms. The zero-order valence-electron chi connectivity index (χ0n) is 14.1. The van der Waals surface area contributed by atoms with Gasteiger partial charge in [-0.25, -0.2) is 4.79 Å². The molecule has 0 bridgehead atoms. The first-order valence-corrected chi connectivity index (χ1v) is 7.71. The molecule has 124 valence electrons. The van der Waals surface area contributed by atoms with Crippen LogP contribution in [0.5, 0.6) is 0 Å². The maximum atomic E-state index is 12.6. The molecular formula is C17H19BN2O4. The van der Waals surface area contributed by atoms with E-state index in [1.54, 1.807) is 58.6 Å². The van der Waals surface area contributed by atoms with Crippen molar-refractivity contribution in [3.8, 4) is 11.1 Å². The minimum Gasteiger partial charge on any atom is -0.472 e. The topological polar surface area (TPSA) is 77.5 Å². The maximum Gasteiger partial charge on any atom is 0.418 e. The average Bonchev–Trinajstić information content (AvgIpc) is 3.12. The molecule has 0 atom stereocenters. The fourth-order valence-electron chi connectivity index (χ4n) is 2.61. The quantitative estimate of drug-likeness (QED) is 0.733. The molecule has 0 aliphatic carbocycles. The highest BCUT2D eigenvalue weighted by Gasteiger charge is 2.26. The van der Waals surface area contributed by atoms with Crippen LogP contribution in [0, 0.1) is 0 Å². The lowest BCUT2D eigenvalue weighted by atomic mass is 9.68. The minimum absolute atomic E-state index is 0.456. The third-order valence-electron chi connectivity index (χ3n) is 3.59. The van der Waals surface area contributed by atoms with E-state index in [4.69, 9.17) is 9.15 Å². The normalized spacial score (nSPS) is 11.7. The van der Waals surface area contributed by atoms with Gasteiger partial charge < -0.3 is 14.2 Å². The summed E-state index contributed by atoms with van der Waals surface area (Å²) >= 11 is 0. The van der Waals surface area contributed by atoms with Gasteiger partial charge >= 0.3 is 13.0 Å². The van der Waals surface area contributed by atoms with Crippen molar-refractivity contribution in [2.24, 2.45) is 0 Å². The number of carbonyl (C=O) groups excluding carboxylic acids is 1. The molecule has 0 aromatic carbocycles. The molecule has 6 nitrogen and oxygen atoms in total. The summed E-state index contributed by atoms with van der Waals surface area (Å²) in [6, 6.07) is 3.61. The Bertz CT molecular complexity index is 876. The summed E-state index contributed by atoms with van der Waals surface area (Å²) in [7, 11) is 0. The van der Waals surface area contributed by atoms with Crippen LogP contribution in [0.2, 0.25) is 6.82 Å². The Morgan fingerprint density at radius 2 is 2.12 bits per heavy atom. The molecular weight excluding hydrogens is 307 g/mol. The number of furan rings is 1. The monoisotopic (exact) mass is 326 g/mol. The second kappa shape index (κ2) is 5.83. The van der Waals surface area contributed by atoms with Crippen molar-refractivity contribution in [1.29, 1.82) is 0 Å². The molecule has 0 saturated carbocycles. The largest absolute Gasteiger partial charge is 0.472 e. The van der Waals surface area contributed by atoms with Crippen molar-refractivity contribution in [3.63, 3.8) is 0 Å². The number of aromatic nitrogens is 2. The fraction of sp³-hybridized carbons (Fsp3) is 0.294. The van der Waals surface area contributed by atoms with Gasteiger partial charge in [0.1, 0.15) is 5.60 Å². The summed E-state index contributed by atoms with van der Waals surface area (Å²) in [5.74, 6) is 0. The van der Waals surface area contributed by atoms with E-state index in [9.17, 15) is 9.82 Å². The lowest BCUT2D eigenvalue weighted by molar-refractivity contribution is 0.0548. The van der Waals surface area contributed by atoms with Crippen LogP contribution < -0.4 is 5.59 Å². The molecule has 3 heterocycles. The Morgan fingerprint density at radius 3 is 2.71 bits per heavy atom. The molecule has 7 heteroatoms. The predicted molar refractivity (Wildman–Crippen MR) is 92.5 cm³/mol. The number of ether oxygens (including phenoxy) is 1. The predicted octanol–water partition coefficient (Wildman–Crippen LogP) is 2.90. The average molecular weight is 326 g/mol. The SMILES string of the molecule is CB(O)c1cc2c(-c3ccoc3)cncc2n1C(=O)OC(C)(C)C. The summed E-state index contributed by atoms with van der Waals surface area (Å²) in [6.45, 7) is 6.18. The Labute approximate surface area is 140 Å². The number of rotatable bonds is 2. The molecule has 0 saturated heterocycles. The Balaban J connectivity index is 2.23. The van der Waals surface area contributed by atoms with Crippen molar-refractivity contribution in [3.05, 3.63) is 37.1 Å². The maximum absolute atomic E-state index is 12.6. The van der Waals surface area contributed by atoms with Gasteiger partial charge in [-0.05, 0) is 32.9 Å². The third-order valence-corrected chi connectivity index (χ3v) is 3.59. The van der Waals surface area contributed by atoms with E-state index in [1.807, 2.05) is 6.07 Å². The Morgan fingerprint density at radius 1 is 1.38 bits per heavy atom. The molecule has 0 spiro atoms. The van der Waals surface area contributed by atoms with Crippen LogP contribution in [0.1, 0.15) is 20.8 Å².